The standard InChI is InChI=1S/C16H14ClFN4O4S/c1-25-16-12(5-11(18)15(20-16)9-7-26-8-9)21-27(23,24)14-6-19-13-4-10(17)2-3-22(13)14/h2-6,9,21H,7-8H2,1H3. The number of fused-ring (bicyclic) bond motifs is 1. The van der Waals surface area contributed by atoms with E-state index < -0.39 is 15.8 Å². The van der Waals surface area contributed by atoms with Crippen LogP contribution < -0.4 is 9.46 Å². The van der Waals surface area contributed by atoms with Gasteiger partial charge in [0.15, 0.2) is 5.03 Å². The van der Waals surface area contributed by atoms with Gasteiger partial charge in [0.05, 0.1) is 38.1 Å². The number of sulfonamides is 1. The largest absolute Gasteiger partial charge is 0.479 e. The molecule has 1 fully saturated rings. The van der Waals surface area contributed by atoms with Gasteiger partial charge in [-0.05, 0) is 6.07 Å². The molecule has 0 spiro atoms. The number of rotatable bonds is 5. The Hall–Kier alpha value is -2.43. The SMILES string of the molecule is COc1nc(C2COC2)c(F)cc1NS(=O)(=O)c1cnc2cc(Cl)ccn12. The maximum atomic E-state index is 14.4. The predicted molar refractivity (Wildman–Crippen MR) is 95.3 cm³/mol. The number of nitrogens with zero attached hydrogens (tertiary/aromatic N) is 3. The van der Waals surface area contributed by atoms with Crippen LogP contribution in [0.15, 0.2) is 35.6 Å². The van der Waals surface area contributed by atoms with E-state index in [-0.39, 0.29) is 28.2 Å². The van der Waals surface area contributed by atoms with Crippen molar-refractivity contribution < 1.29 is 22.3 Å². The number of anilines is 1. The summed E-state index contributed by atoms with van der Waals surface area (Å²) in [4.78, 5) is 8.14. The molecule has 3 aromatic heterocycles. The van der Waals surface area contributed by atoms with Crippen LogP contribution in [-0.2, 0) is 14.8 Å². The molecular weight excluding hydrogens is 399 g/mol. The molecule has 11 heteroatoms. The molecule has 0 atom stereocenters. The average molecular weight is 413 g/mol. The Bertz CT molecular complexity index is 1130. The fraction of sp³-hybridized carbons (Fsp3) is 0.250. The van der Waals surface area contributed by atoms with Crippen molar-refractivity contribution in [3.05, 3.63) is 47.1 Å². The second-order valence-corrected chi connectivity index (χ2v) is 7.99. The van der Waals surface area contributed by atoms with E-state index in [4.69, 9.17) is 21.1 Å². The number of ether oxygens (including phenoxy) is 2. The third-order valence-corrected chi connectivity index (χ3v) is 5.72. The van der Waals surface area contributed by atoms with Crippen molar-refractivity contribution in [3.63, 3.8) is 0 Å². The molecule has 0 aliphatic carbocycles. The first-order valence-electron chi connectivity index (χ1n) is 7.86. The van der Waals surface area contributed by atoms with Gasteiger partial charge in [-0.25, -0.2) is 14.4 Å². The zero-order valence-corrected chi connectivity index (χ0v) is 15.6. The first-order chi connectivity index (χ1) is 12.9. The first-order valence-corrected chi connectivity index (χ1v) is 9.73. The molecule has 0 amide bonds. The zero-order chi connectivity index (χ0) is 19.2. The molecule has 0 saturated carbocycles. The highest BCUT2D eigenvalue weighted by Crippen LogP contribution is 2.32. The summed E-state index contributed by atoms with van der Waals surface area (Å²) in [6.45, 7) is 0.727. The number of hydrogen-bond acceptors (Lipinski definition) is 6. The predicted octanol–water partition coefficient (Wildman–Crippen LogP) is 2.45. The van der Waals surface area contributed by atoms with Gasteiger partial charge in [0.25, 0.3) is 10.0 Å². The number of aromatic nitrogens is 3. The Morgan fingerprint density at radius 3 is 2.85 bits per heavy atom. The summed E-state index contributed by atoms with van der Waals surface area (Å²) in [7, 11) is -2.76. The summed E-state index contributed by atoms with van der Waals surface area (Å²) in [6, 6.07) is 4.11. The lowest BCUT2D eigenvalue weighted by molar-refractivity contribution is 0.00502. The summed E-state index contributed by atoms with van der Waals surface area (Å²) in [6.07, 6.45) is 2.67. The maximum absolute atomic E-state index is 14.4. The van der Waals surface area contributed by atoms with Gasteiger partial charge >= 0.3 is 0 Å². The second-order valence-electron chi connectivity index (χ2n) is 5.92. The Morgan fingerprint density at radius 1 is 1.41 bits per heavy atom. The van der Waals surface area contributed by atoms with Crippen molar-refractivity contribution in [1.82, 2.24) is 14.4 Å². The number of nitrogens with one attached hydrogen (secondary N) is 1. The summed E-state index contributed by atoms with van der Waals surface area (Å²) in [5.74, 6) is -0.835. The van der Waals surface area contributed by atoms with Gasteiger partial charge < -0.3 is 9.47 Å². The third kappa shape index (κ3) is 3.20. The van der Waals surface area contributed by atoms with Crippen LogP contribution in [0.1, 0.15) is 11.6 Å². The normalized spacial score (nSPS) is 14.9. The molecule has 4 heterocycles. The van der Waals surface area contributed by atoms with Gasteiger partial charge in [-0.1, -0.05) is 11.6 Å². The van der Waals surface area contributed by atoms with Crippen molar-refractivity contribution in [1.29, 1.82) is 0 Å². The van der Waals surface area contributed by atoms with Crippen molar-refractivity contribution in [3.8, 4) is 5.88 Å². The highest BCUT2D eigenvalue weighted by molar-refractivity contribution is 7.92. The van der Waals surface area contributed by atoms with Crippen LogP contribution in [0.2, 0.25) is 5.02 Å². The third-order valence-electron chi connectivity index (χ3n) is 4.15. The number of imidazole rings is 1. The molecule has 1 aliphatic rings. The van der Waals surface area contributed by atoms with E-state index in [9.17, 15) is 12.8 Å². The van der Waals surface area contributed by atoms with Crippen molar-refractivity contribution in [2.75, 3.05) is 25.0 Å². The minimum atomic E-state index is -4.09. The molecule has 27 heavy (non-hydrogen) atoms. The van der Waals surface area contributed by atoms with Gasteiger partial charge in [-0.2, -0.15) is 8.42 Å². The molecule has 8 nitrogen and oxygen atoms in total. The molecular formula is C16H14ClFN4O4S. The van der Waals surface area contributed by atoms with Crippen LogP contribution in [0.3, 0.4) is 0 Å². The molecule has 3 aromatic rings. The summed E-state index contributed by atoms with van der Waals surface area (Å²) < 4.78 is 53.9. The summed E-state index contributed by atoms with van der Waals surface area (Å²) in [5, 5.41) is 0.293. The topological polar surface area (TPSA) is 94.8 Å². The van der Waals surface area contributed by atoms with Crippen LogP contribution in [-0.4, -0.2) is 43.1 Å². The summed E-state index contributed by atoms with van der Waals surface area (Å²) in [5.41, 5.74) is 0.438. The maximum Gasteiger partial charge on any atom is 0.279 e. The molecule has 142 valence electrons. The van der Waals surface area contributed by atoms with Crippen molar-refractivity contribution >= 4 is 33.0 Å². The fourth-order valence-electron chi connectivity index (χ4n) is 2.72. The van der Waals surface area contributed by atoms with Crippen LogP contribution >= 0.6 is 11.6 Å². The van der Waals surface area contributed by atoms with Gasteiger partial charge in [-0.15, -0.1) is 0 Å². The van der Waals surface area contributed by atoms with E-state index in [2.05, 4.69) is 14.7 Å². The highest BCUT2D eigenvalue weighted by atomic mass is 35.5. The molecule has 0 bridgehead atoms. The highest BCUT2D eigenvalue weighted by Gasteiger charge is 2.28. The lowest BCUT2D eigenvalue weighted by Crippen LogP contribution is -2.27. The van der Waals surface area contributed by atoms with E-state index in [1.807, 2.05) is 0 Å². The molecule has 0 radical (unpaired) electrons. The van der Waals surface area contributed by atoms with E-state index in [0.717, 1.165) is 6.07 Å². The van der Waals surface area contributed by atoms with Crippen LogP contribution in [0, 0.1) is 5.82 Å². The van der Waals surface area contributed by atoms with Gasteiger partial charge in [-0.3, -0.25) is 9.12 Å². The van der Waals surface area contributed by atoms with E-state index in [0.29, 0.717) is 23.9 Å². The van der Waals surface area contributed by atoms with E-state index in [1.54, 1.807) is 0 Å². The molecule has 1 N–H and O–H groups in total. The Morgan fingerprint density at radius 2 is 2.19 bits per heavy atom. The van der Waals surface area contributed by atoms with Crippen LogP contribution in [0.25, 0.3) is 5.65 Å². The molecule has 0 unspecified atom stereocenters. The minimum Gasteiger partial charge on any atom is -0.479 e. The van der Waals surface area contributed by atoms with Crippen LogP contribution in [0.4, 0.5) is 10.1 Å². The monoisotopic (exact) mass is 412 g/mol. The first kappa shape index (κ1) is 18.0. The van der Waals surface area contributed by atoms with Gasteiger partial charge in [0.1, 0.15) is 17.2 Å². The average Bonchev–Trinajstić information content (AvgIpc) is 2.99. The van der Waals surface area contributed by atoms with E-state index in [1.165, 1.54) is 36.0 Å². The summed E-state index contributed by atoms with van der Waals surface area (Å²) >= 11 is 5.89. The van der Waals surface area contributed by atoms with Gasteiger partial charge in [0.2, 0.25) is 5.88 Å². The lowest BCUT2D eigenvalue weighted by atomic mass is 10.0. The number of halogens is 2. The Kier molecular flexibility index (Phi) is 4.41. The molecule has 0 aromatic carbocycles. The van der Waals surface area contributed by atoms with E-state index >= 15 is 0 Å². The van der Waals surface area contributed by atoms with Crippen LogP contribution in [0.5, 0.6) is 5.88 Å². The quantitative estimate of drug-likeness (QED) is 0.691. The van der Waals surface area contributed by atoms with Crippen molar-refractivity contribution in [2.45, 2.75) is 10.9 Å². The Labute approximate surface area is 159 Å². The molecule has 1 saturated heterocycles. The zero-order valence-electron chi connectivity index (χ0n) is 14.0. The number of hydrogen-bond donors (Lipinski definition) is 1. The lowest BCUT2D eigenvalue weighted by Gasteiger charge is -2.26. The smallest absolute Gasteiger partial charge is 0.279 e. The fourth-order valence-corrected chi connectivity index (χ4v) is 4.02. The minimum absolute atomic E-state index is 0.0289. The Balaban J connectivity index is 1.72. The molecule has 1 aliphatic heterocycles. The molecule has 4 rings (SSSR count). The number of pyridine rings is 2. The second kappa shape index (κ2) is 6.63. The number of methoxy groups -OCH3 is 1. The van der Waals surface area contributed by atoms with Gasteiger partial charge in [0, 0.05) is 23.4 Å². The van der Waals surface area contributed by atoms with Crippen molar-refractivity contribution in [2.24, 2.45) is 0 Å².